The molecule has 0 saturated carbocycles. The van der Waals surface area contributed by atoms with E-state index >= 15 is 0 Å². The first-order valence-electron chi connectivity index (χ1n) is 5.78. The third-order valence-corrected chi connectivity index (χ3v) is 3.09. The van der Waals surface area contributed by atoms with E-state index in [1.807, 2.05) is 31.2 Å². The smallest absolute Gasteiger partial charge is 0.227 e. The molecule has 1 atom stereocenters. The Labute approximate surface area is 115 Å². The van der Waals surface area contributed by atoms with Gasteiger partial charge < -0.3 is 10.6 Å². The van der Waals surface area contributed by atoms with Crippen molar-refractivity contribution in [3.63, 3.8) is 0 Å². The molecule has 0 spiro atoms. The second-order valence-electron chi connectivity index (χ2n) is 4.05. The number of carbonyl (C=O) groups excluding carboxylic acids is 2. The minimum Gasteiger partial charge on any atom is -0.355 e. The highest BCUT2D eigenvalue weighted by molar-refractivity contribution is 9.10. The molecule has 0 fully saturated rings. The van der Waals surface area contributed by atoms with Crippen molar-refractivity contribution in [3.05, 3.63) is 34.3 Å². The minimum absolute atomic E-state index is 0.0392. The Morgan fingerprint density at radius 3 is 2.28 bits per heavy atom. The Kier molecular flexibility index (Phi) is 5.85. The zero-order valence-electron chi connectivity index (χ0n) is 10.5. The van der Waals surface area contributed by atoms with Gasteiger partial charge in [-0.1, -0.05) is 28.1 Å². The highest BCUT2D eigenvalue weighted by Gasteiger charge is 2.14. The largest absolute Gasteiger partial charge is 0.355 e. The van der Waals surface area contributed by atoms with Crippen LogP contribution < -0.4 is 10.6 Å². The SMILES string of the molecule is CC(=O)NCCNC(=O)C(C)c1ccc(Br)cc1. The molecule has 0 aliphatic heterocycles. The van der Waals surface area contributed by atoms with Gasteiger partial charge in [0.05, 0.1) is 5.92 Å². The van der Waals surface area contributed by atoms with Gasteiger partial charge >= 0.3 is 0 Å². The van der Waals surface area contributed by atoms with Gasteiger partial charge in [0.2, 0.25) is 11.8 Å². The number of nitrogens with one attached hydrogen (secondary N) is 2. The molecular weight excluding hydrogens is 296 g/mol. The fourth-order valence-electron chi connectivity index (χ4n) is 1.48. The second-order valence-corrected chi connectivity index (χ2v) is 4.96. The average molecular weight is 313 g/mol. The van der Waals surface area contributed by atoms with E-state index in [0.29, 0.717) is 13.1 Å². The lowest BCUT2D eigenvalue weighted by molar-refractivity contribution is -0.123. The quantitative estimate of drug-likeness (QED) is 0.815. The van der Waals surface area contributed by atoms with Crippen molar-refractivity contribution in [2.24, 2.45) is 0 Å². The number of hydrogen-bond acceptors (Lipinski definition) is 2. The van der Waals surface area contributed by atoms with Crippen LogP contribution in [0.15, 0.2) is 28.7 Å². The molecule has 0 aromatic heterocycles. The maximum Gasteiger partial charge on any atom is 0.227 e. The molecule has 98 valence electrons. The molecule has 0 bridgehead atoms. The molecular formula is C13H17BrN2O2. The van der Waals surface area contributed by atoms with Gasteiger partial charge in [-0.05, 0) is 24.6 Å². The van der Waals surface area contributed by atoms with Crippen LogP contribution in [0.4, 0.5) is 0 Å². The molecule has 5 heteroatoms. The number of carbonyl (C=O) groups is 2. The predicted molar refractivity (Wildman–Crippen MR) is 74.3 cm³/mol. The summed E-state index contributed by atoms with van der Waals surface area (Å²) in [4.78, 5) is 22.5. The van der Waals surface area contributed by atoms with Crippen LogP contribution in [0.25, 0.3) is 0 Å². The van der Waals surface area contributed by atoms with E-state index in [1.165, 1.54) is 6.92 Å². The molecule has 1 unspecified atom stereocenters. The average Bonchev–Trinajstić information content (AvgIpc) is 2.34. The third-order valence-electron chi connectivity index (χ3n) is 2.56. The zero-order chi connectivity index (χ0) is 13.5. The molecule has 0 saturated heterocycles. The summed E-state index contributed by atoms with van der Waals surface area (Å²) in [5.74, 6) is -0.330. The van der Waals surface area contributed by atoms with Crippen LogP contribution in [0.2, 0.25) is 0 Å². The minimum atomic E-state index is -0.199. The molecule has 1 aromatic carbocycles. The van der Waals surface area contributed by atoms with Crippen molar-refractivity contribution in [1.29, 1.82) is 0 Å². The van der Waals surface area contributed by atoms with Crippen LogP contribution >= 0.6 is 15.9 Å². The molecule has 1 rings (SSSR count). The Morgan fingerprint density at radius 2 is 1.72 bits per heavy atom. The first-order chi connectivity index (χ1) is 8.50. The molecule has 0 heterocycles. The van der Waals surface area contributed by atoms with Gasteiger partial charge in [0.25, 0.3) is 0 Å². The van der Waals surface area contributed by atoms with E-state index in [2.05, 4.69) is 26.6 Å². The van der Waals surface area contributed by atoms with Gasteiger partial charge in [-0.3, -0.25) is 9.59 Å². The lowest BCUT2D eigenvalue weighted by atomic mass is 10.0. The first kappa shape index (κ1) is 14.7. The number of rotatable bonds is 5. The van der Waals surface area contributed by atoms with E-state index in [0.717, 1.165) is 10.0 Å². The fraction of sp³-hybridized carbons (Fsp3) is 0.385. The Bertz CT molecular complexity index is 418. The van der Waals surface area contributed by atoms with Crippen molar-refractivity contribution in [2.45, 2.75) is 19.8 Å². The van der Waals surface area contributed by atoms with Gasteiger partial charge in [0, 0.05) is 24.5 Å². The Hall–Kier alpha value is -1.36. The number of halogens is 1. The molecule has 2 N–H and O–H groups in total. The van der Waals surface area contributed by atoms with Crippen LogP contribution in [-0.4, -0.2) is 24.9 Å². The summed E-state index contributed by atoms with van der Waals surface area (Å²) in [5.41, 5.74) is 0.968. The molecule has 0 aliphatic carbocycles. The summed E-state index contributed by atoms with van der Waals surface area (Å²) in [6, 6.07) is 7.66. The summed E-state index contributed by atoms with van der Waals surface area (Å²) < 4.78 is 0.990. The van der Waals surface area contributed by atoms with Gasteiger partial charge in [0.1, 0.15) is 0 Å². The summed E-state index contributed by atoms with van der Waals surface area (Å²) in [6.45, 7) is 4.21. The lowest BCUT2D eigenvalue weighted by Crippen LogP contribution is -2.35. The highest BCUT2D eigenvalue weighted by atomic mass is 79.9. The third kappa shape index (κ3) is 4.87. The second kappa shape index (κ2) is 7.16. The van der Waals surface area contributed by atoms with Crippen molar-refractivity contribution in [2.75, 3.05) is 13.1 Å². The monoisotopic (exact) mass is 312 g/mol. The molecule has 0 radical (unpaired) electrons. The maximum atomic E-state index is 11.8. The van der Waals surface area contributed by atoms with Crippen molar-refractivity contribution < 1.29 is 9.59 Å². The van der Waals surface area contributed by atoms with Crippen LogP contribution in [0.3, 0.4) is 0 Å². The predicted octanol–water partition coefficient (Wildman–Crippen LogP) is 1.80. The normalized spacial score (nSPS) is 11.7. The van der Waals surface area contributed by atoms with Gasteiger partial charge in [-0.25, -0.2) is 0 Å². The first-order valence-corrected chi connectivity index (χ1v) is 6.57. The molecule has 1 aromatic rings. The summed E-state index contributed by atoms with van der Waals surface area (Å²) in [6.07, 6.45) is 0. The molecule has 4 nitrogen and oxygen atoms in total. The van der Waals surface area contributed by atoms with E-state index in [-0.39, 0.29) is 17.7 Å². The van der Waals surface area contributed by atoms with E-state index in [1.54, 1.807) is 0 Å². The zero-order valence-corrected chi connectivity index (χ0v) is 12.1. The van der Waals surface area contributed by atoms with Gasteiger partial charge in [0.15, 0.2) is 0 Å². The Balaban J connectivity index is 2.41. The number of benzene rings is 1. The summed E-state index contributed by atoms with van der Waals surface area (Å²) in [5, 5.41) is 5.41. The maximum absolute atomic E-state index is 11.8. The highest BCUT2D eigenvalue weighted by Crippen LogP contribution is 2.18. The van der Waals surface area contributed by atoms with E-state index in [4.69, 9.17) is 0 Å². The standard InChI is InChI=1S/C13H17BrN2O2/c1-9(11-3-5-12(14)6-4-11)13(18)16-8-7-15-10(2)17/h3-6,9H,7-8H2,1-2H3,(H,15,17)(H,16,18). The lowest BCUT2D eigenvalue weighted by Gasteiger charge is -2.12. The van der Waals surface area contributed by atoms with Gasteiger partial charge in [-0.15, -0.1) is 0 Å². The summed E-state index contributed by atoms with van der Waals surface area (Å²) in [7, 11) is 0. The van der Waals surface area contributed by atoms with Crippen LogP contribution in [-0.2, 0) is 9.59 Å². The van der Waals surface area contributed by atoms with E-state index in [9.17, 15) is 9.59 Å². The van der Waals surface area contributed by atoms with E-state index < -0.39 is 0 Å². The van der Waals surface area contributed by atoms with Crippen LogP contribution in [0.1, 0.15) is 25.3 Å². The molecule has 2 amide bonds. The van der Waals surface area contributed by atoms with Crippen molar-refractivity contribution in [3.8, 4) is 0 Å². The van der Waals surface area contributed by atoms with Crippen LogP contribution in [0.5, 0.6) is 0 Å². The number of hydrogen-bond donors (Lipinski definition) is 2. The fourth-order valence-corrected chi connectivity index (χ4v) is 1.74. The number of amides is 2. The molecule has 18 heavy (non-hydrogen) atoms. The molecule has 0 aliphatic rings. The van der Waals surface area contributed by atoms with Crippen LogP contribution in [0, 0.1) is 0 Å². The topological polar surface area (TPSA) is 58.2 Å². The summed E-state index contributed by atoms with van der Waals surface area (Å²) >= 11 is 3.36. The van der Waals surface area contributed by atoms with Gasteiger partial charge in [-0.2, -0.15) is 0 Å². The van der Waals surface area contributed by atoms with Crippen molar-refractivity contribution in [1.82, 2.24) is 10.6 Å². The van der Waals surface area contributed by atoms with Crippen molar-refractivity contribution >= 4 is 27.7 Å². The Morgan fingerprint density at radius 1 is 1.17 bits per heavy atom.